The molecule has 9 unspecified atom stereocenters. The second-order valence-electron chi connectivity index (χ2n) is 47.2. The van der Waals surface area contributed by atoms with Crippen LogP contribution in [-0.2, 0) is 28.9 Å². The number of amidine groups is 1. The topological polar surface area (TPSA) is 428 Å². The maximum atomic E-state index is 14.2. The van der Waals surface area contributed by atoms with Crippen molar-refractivity contribution >= 4 is 85.0 Å². The predicted molar refractivity (Wildman–Crippen MR) is 571 cm³/mol. The molecule has 4 aromatic heterocycles. The number of rotatable bonds is 26. The molecule has 8 saturated heterocycles. The molecule has 8 aliphatic carbocycles. The van der Waals surface area contributed by atoms with Crippen molar-refractivity contribution in [1.82, 2.24) is 57.8 Å². The Morgan fingerprint density at radius 1 is 0.315 bits per heavy atom. The molecule has 149 heavy (non-hydrogen) atoms. The average Bonchev–Trinajstić information content (AvgIpc) is 0.750. The van der Waals surface area contributed by atoms with Gasteiger partial charge < -0.3 is 69.3 Å². The molecular formula is C116H155N17O16. The van der Waals surface area contributed by atoms with Crippen molar-refractivity contribution in [3.63, 3.8) is 0 Å². The highest BCUT2D eigenvalue weighted by Gasteiger charge is 2.52. The van der Waals surface area contributed by atoms with Crippen molar-refractivity contribution in [2.75, 3.05) is 33.5 Å². The van der Waals surface area contributed by atoms with E-state index in [1.54, 1.807) is 10.6 Å². The van der Waals surface area contributed by atoms with Crippen LogP contribution in [0.1, 0.15) is 355 Å². The zero-order chi connectivity index (χ0) is 103. The first-order valence-electron chi connectivity index (χ1n) is 57.2. The summed E-state index contributed by atoms with van der Waals surface area (Å²) in [6.45, 7) is -0.739. The Morgan fingerprint density at radius 3 is 0.832 bits per heavy atom. The second kappa shape index (κ2) is 46.9. The van der Waals surface area contributed by atoms with Crippen molar-refractivity contribution in [3.8, 4) is 0 Å². The van der Waals surface area contributed by atoms with Gasteiger partial charge >= 0.3 is 17.9 Å². The molecule has 8 saturated carbocycles. The summed E-state index contributed by atoms with van der Waals surface area (Å²) in [5.74, 6) is 3.67. The van der Waals surface area contributed by atoms with Gasteiger partial charge in [-0.25, -0.2) is 24.7 Å². The van der Waals surface area contributed by atoms with E-state index in [0.717, 1.165) is 145 Å². The smallest absolute Gasteiger partial charge is 0.360 e. The summed E-state index contributed by atoms with van der Waals surface area (Å²) in [7, 11) is 1.41. The number of para-hydroxylation sites is 8. The Hall–Kier alpha value is -10.7. The van der Waals surface area contributed by atoms with Crippen LogP contribution >= 0.6 is 0 Å². The third kappa shape index (κ3) is 22.5. The Balaban J connectivity index is 0.000000116. The van der Waals surface area contributed by atoms with Gasteiger partial charge in [0, 0.05) is 110 Å². The number of aliphatic hydroxyl groups is 2. The molecule has 24 atom stereocenters. The fourth-order valence-electron chi connectivity index (χ4n) is 32.8. The van der Waals surface area contributed by atoms with Crippen LogP contribution in [0.3, 0.4) is 0 Å². The van der Waals surface area contributed by atoms with E-state index in [9.17, 15) is 54.1 Å². The molecule has 8 aromatic rings. The van der Waals surface area contributed by atoms with Gasteiger partial charge in [-0.2, -0.15) is 0 Å². The van der Waals surface area contributed by atoms with E-state index in [0.29, 0.717) is 88.7 Å². The Bertz CT molecular complexity index is 6410. The molecule has 0 amide bonds. The Kier molecular flexibility index (Phi) is 32.7. The summed E-state index contributed by atoms with van der Waals surface area (Å²) >= 11 is 0. The molecule has 16 fully saturated rings. The van der Waals surface area contributed by atoms with Crippen molar-refractivity contribution < 1.29 is 59.6 Å². The summed E-state index contributed by atoms with van der Waals surface area (Å²) in [6, 6.07) is 37.6. The van der Waals surface area contributed by atoms with E-state index < -0.39 is 29.2 Å². The van der Waals surface area contributed by atoms with Crippen LogP contribution in [0.15, 0.2) is 137 Å². The number of aromatic nitrogens is 8. The van der Waals surface area contributed by atoms with Gasteiger partial charge in [-0.3, -0.25) is 48.4 Å². The molecule has 0 spiro atoms. The lowest BCUT2D eigenvalue weighted by atomic mass is 9.68. The van der Waals surface area contributed by atoms with Crippen LogP contribution in [-0.4, -0.2) is 235 Å². The minimum Gasteiger partial charge on any atom is -0.481 e. The molecular weight excluding hydrogens is 1890 g/mol. The molecule has 33 nitrogen and oxygen atoms in total. The maximum Gasteiger partial charge on any atom is 0.360 e. The quantitative estimate of drug-likeness (QED) is 0.00870. The van der Waals surface area contributed by atoms with E-state index in [1.807, 2.05) is 105 Å². The highest BCUT2D eigenvalue weighted by molar-refractivity contribution is 6.41. The largest absolute Gasteiger partial charge is 0.481 e. The number of aliphatic carboxylic acids is 3. The number of carboxylic acid groups (broad SMARTS) is 3. The number of aliphatic hydroxyl groups excluding tert-OH is 2. The fourth-order valence-corrected chi connectivity index (χ4v) is 32.8. The number of oxime groups is 4. The number of fused-ring (bicyclic) bond motifs is 20. The van der Waals surface area contributed by atoms with Crippen molar-refractivity contribution in [1.29, 1.82) is 0 Å². The number of carboxylic acids is 3. The minimum absolute atomic E-state index is 0.0229. The van der Waals surface area contributed by atoms with Crippen molar-refractivity contribution in [2.24, 2.45) is 73.7 Å². The van der Waals surface area contributed by atoms with Gasteiger partial charge in [-0.05, 0) is 276 Å². The molecule has 12 heterocycles. The lowest BCUT2D eigenvalue weighted by Gasteiger charge is -2.55. The summed E-state index contributed by atoms with van der Waals surface area (Å²) < 4.78 is 7.59. The zero-order valence-electron chi connectivity index (χ0n) is 86.9. The molecule has 4 aromatic carbocycles. The average molecular weight is 2040 g/mol. The van der Waals surface area contributed by atoms with Crippen LogP contribution in [0.2, 0.25) is 0 Å². The highest BCUT2D eigenvalue weighted by atomic mass is 16.6. The molecule has 8 N–H and O–H groups in total. The number of benzene rings is 4. The van der Waals surface area contributed by atoms with Crippen LogP contribution < -0.4 is 28.0 Å². The fraction of sp³-hybridized carbons (Fsp3) is 0.664. The normalized spacial score (nSPS) is 32.2. The van der Waals surface area contributed by atoms with Gasteiger partial charge in [0.2, 0.25) is 5.71 Å². The van der Waals surface area contributed by atoms with Gasteiger partial charge in [-0.1, -0.05) is 172 Å². The molecule has 0 radical (unpaired) electrons. The minimum atomic E-state index is -1.39. The first-order chi connectivity index (χ1) is 72.7. The van der Waals surface area contributed by atoms with Gasteiger partial charge in [0.05, 0.1) is 70.2 Å². The lowest BCUT2D eigenvalue weighted by Crippen LogP contribution is -2.58. The monoisotopic (exact) mass is 2040 g/mol. The van der Waals surface area contributed by atoms with Crippen LogP contribution in [0.25, 0.3) is 44.1 Å². The van der Waals surface area contributed by atoms with Crippen LogP contribution in [0.5, 0.6) is 0 Å². The van der Waals surface area contributed by atoms with Gasteiger partial charge in [0.15, 0.2) is 28.6 Å². The van der Waals surface area contributed by atoms with Gasteiger partial charge in [0.25, 0.3) is 22.2 Å². The second-order valence-corrected chi connectivity index (χ2v) is 47.2. The number of piperidine rings is 8. The maximum absolute atomic E-state index is 14.2. The molecule has 24 rings (SSSR count). The number of nitrogens with two attached hydrogens (primary N) is 1. The highest BCUT2D eigenvalue weighted by Crippen LogP contribution is 2.54. The number of hydrogen-bond acceptors (Lipinski definition) is 25. The standard InChI is InChI=1S/C31H42N4O5.C30H40N4O4.C29H38N4O5.C26H35N5O2/c36-13-14-40-33-27(11-12-29(37)38)30-31(39)35(28-10-2-1-9-26(28)32-30)25-18-22-7-4-8-23(19-25)34(22)24-16-20-5-3-6-21(15-20)17-24;1-38-32-26(12-13-28(35)36)29-30(37)34(27-11-3-2-10-25(27)31-29)24-17-21-8-5-9-22(18-24)33(21)23-15-19-6-4-7-20(14-19)16-23;34-11-12-38-31-27(29(36)37)26-28(35)33(25-10-2-1-9-24(25)30-26)23-16-20-7-4-8-21(17-23)32(20)22-14-18-5-3-6-19(13-18)15-22;27-25(29-33)24-26(32)31(23-10-2-1-9-22(23)28-24)21-14-18-7-4-8-19(15-21)30(18)20-12-16-5-3-6-17(11-16)13-20/h1-2,9-10,20-25,36H,3-8,11-19H2,(H,37,38);2-3,10-11,19-24H,4-9,12-18H2,1H3,(H,35,36);1-2,9-10,18-23,34H,3-8,11-17H2,(H,36,37);1-2,9-10,16-21,33H,3-8,11-15H2,(H2,27,29)/b33-27+;32-26+;31-27-;/t20-,21+,22-,23+,24?,25?;19-,20?,21-,22+,23?,24?;18-,19+,20-,21+,22?,23?;16-,17+,18-,19+,20?,21?/m.1../s1. The van der Waals surface area contributed by atoms with Gasteiger partial charge in [0.1, 0.15) is 31.7 Å². The summed E-state index contributed by atoms with van der Waals surface area (Å²) in [6.07, 6.45) is 55.4. The number of nitrogens with zero attached hydrogens (tertiary/aromatic N) is 16. The first kappa shape index (κ1) is 104. The Labute approximate surface area is 871 Å². The van der Waals surface area contributed by atoms with E-state index in [-0.39, 0.29) is 127 Å². The first-order valence-corrected chi connectivity index (χ1v) is 57.2. The predicted octanol–water partition coefficient (Wildman–Crippen LogP) is 17.4. The summed E-state index contributed by atoms with van der Waals surface area (Å²) in [5, 5.41) is 70.7. The van der Waals surface area contributed by atoms with Crippen LogP contribution in [0, 0.1) is 47.3 Å². The molecule has 16 bridgehead atoms. The van der Waals surface area contributed by atoms with Crippen LogP contribution in [0.4, 0.5) is 0 Å². The zero-order valence-corrected chi connectivity index (χ0v) is 86.9. The Morgan fingerprint density at radius 2 is 0.564 bits per heavy atom. The molecule has 16 aliphatic rings. The van der Waals surface area contributed by atoms with Gasteiger partial charge in [-0.15, -0.1) is 0 Å². The number of carbonyl (C=O) groups is 3. The lowest BCUT2D eigenvalue weighted by molar-refractivity contribution is -0.137. The molecule has 8 aliphatic heterocycles. The van der Waals surface area contributed by atoms with E-state index in [4.69, 9.17) is 30.5 Å². The van der Waals surface area contributed by atoms with E-state index >= 15 is 0 Å². The van der Waals surface area contributed by atoms with Crippen molar-refractivity contribution in [3.05, 3.63) is 161 Å². The summed E-state index contributed by atoms with van der Waals surface area (Å²) in [5.41, 5.74) is 10.8. The molecule has 800 valence electrons. The van der Waals surface area contributed by atoms with E-state index in [1.165, 1.54) is 225 Å². The number of hydrogen-bond donors (Lipinski definition) is 7. The summed E-state index contributed by atoms with van der Waals surface area (Å²) in [4.78, 5) is 135. The SMILES string of the molecule is CO/N=C(\CCC(=O)O)c1nc2ccccc2n(C2C[C@H]3CCC[C@@H](C2)N3C2CC3CCC[C@H](C3)C2)c1=O.N/C(=N\O)c1nc2ccccc2n(C2C[C@H]3CCC[C@@H](C2)N3C2C[C@H]3CCC[C@@H](C2)C3)c1=O.O=C(O)/C(=N\OCCO)c1nc2ccccc2n(C2C[C@H]3CCC[C@@H](C2)N3C2C[C@H]3CCC[C@@H](C2)C3)c1=O.O=C(O)CC/C(=N\OCCO)c1nc2ccccc2n(C2C[C@H]3CCC[C@@H](C2)N3C2C[C@H]3CCC[C@@H](C2)C3)c1=O. The third-order valence-electron chi connectivity index (χ3n) is 38.1. The van der Waals surface area contributed by atoms with Crippen molar-refractivity contribution in [2.45, 2.75) is 405 Å². The van der Waals surface area contributed by atoms with E-state index in [2.05, 4.69) is 60.2 Å². The third-order valence-corrected chi connectivity index (χ3v) is 38.1. The molecule has 33 heteroatoms.